The van der Waals surface area contributed by atoms with Crippen LogP contribution in [-0.2, 0) is 9.53 Å². The fourth-order valence-corrected chi connectivity index (χ4v) is 2.95. The highest BCUT2D eigenvalue weighted by Gasteiger charge is 2.30. The van der Waals surface area contributed by atoms with Gasteiger partial charge >= 0.3 is 0 Å². The van der Waals surface area contributed by atoms with E-state index in [0.717, 1.165) is 38.0 Å². The Morgan fingerprint density at radius 3 is 2.91 bits per heavy atom. The molecule has 2 atom stereocenters. The number of likely N-dealkylation sites (tertiary alicyclic amines) is 1. The number of hydrogen-bond acceptors (Lipinski definition) is 4. The van der Waals surface area contributed by atoms with Crippen molar-refractivity contribution in [3.63, 3.8) is 0 Å². The molecule has 2 aliphatic rings. The minimum Gasteiger partial charge on any atom is -0.378 e. The molecule has 0 aliphatic carbocycles. The van der Waals surface area contributed by atoms with Gasteiger partial charge < -0.3 is 15.0 Å². The van der Waals surface area contributed by atoms with Crippen LogP contribution in [-0.4, -0.2) is 59.5 Å². The summed E-state index contributed by atoms with van der Waals surface area (Å²) in [5.74, 6) is 0.165. The van der Waals surface area contributed by atoms with E-state index in [1.807, 2.05) is 22.7 Å². The molecular weight excluding hydrogens is 327 g/mol. The Bertz CT molecular complexity index is 477. The van der Waals surface area contributed by atoms with Crippen LogP contribution < -0.4 is 5.32 Å². The van der Waals surface area contributed by atoms with Gasteiger partial charge in [0.15, 0.2) is 0 Å². The standard InChI is InChI=1S/C14H22N4O2.2ClH/c1-11-7-16-18(8-11)12-3-2-5-17(9-12)14(19)13-10-20-6-4-15-13;;/h7-8,12-13,15H,2-6,9-10H2,1H3;2*1H. The van der Waals surface area contributed by atoms with E-state index < -0.39 is 0 Å². The molecule has 1 aromatic heterocycles. The molecule has 2 saturated heterocycles. The van der Waals surface area contributed by atoms with Crippen molar-refractivity contribution in [2.75, 3.05) is 32.8 Å². The minimum atomic E-state index is -0.179. The number of amides is 1. The molecule has 0 saturated carbocycles. The first-order chi connectivity index (χ1) is 9.74. The van der Waals surface area contributed by atoms with E-state index in [-0.39, 0.29) is 36.8 Å². The van der Waals surface area contributed by atoms with Crippen LogP contribution >= 0.6 is 24.8 Å². The highest BCUT2D eigenvalue weighted by molar-refractivity contribution is 5.85. The van der Waals surface area contributed by atoms with Crippen molar-refractivity contribution in [2.45, 2.75) is 31.8 Å². The number of carbonyl (C=O) groups is 1. The summed E-state index contributed by atoms with van der Waals surface area (Å²) >= 11 is 0. The molecule has 126 valence electrons. The third-order valence-corrected chi connectivity index (χ3v) is 4.03. The third kappa shape index (κ3) is 4.35. The summed E-state index contributed by atoms with van der Waals surface area (Å²) in [6, 6.07) is 0.118. The lowest BCUT2D eigenvalue weighted by molar-refractivity contribution is -0.138. The van der Waals surface area contributed by atoms with Crippen LogP contribution in [0, 0.1) is 6.92 Å². The molecule has 0 aromatic carbocycles. The molecule has 8 heteroatoms. The van der Waals surface area contributed by atoms with Crippen molar-refractivity contribution in [1.29, 1.82) is 0 Å². The number of nitrogens with zero attached hydrogens (tertiary/aromatic N) is 3. The Morgan fingerprint density at radius 1 is 1.45 bits per heavy atom. The number of aromatic nitrogens is 2. The Kier molecular flexibility index (Phi) is 7.62. The second-order valence-corrected chi connectivity index (χ2v) is 5.66. The molecule has 22 heavy (non-hydrogen) atoms. The molecule has 2 fully saturated rings. The van der Waals surface area contributed by atoms with E-state index >= 15 is 0 Å². The van der Waals surface area contributed by atoms with Gasteiger partial charge in [-0.3, -0.25) is 9.48 Å². The smallest absolute Gasteiger partial charge is 0.242 e. The number of aryl methyl sites for hydroxylation is 1. The van der Waals surface area contributed by atoms with Crippen LogP contribution in [0.2, 0.25) is 0 Å². The lowest BCUT2D eigenvalue weighted by Gasteiger charge is -2.36. The number of nitrogens with one attached hydrogen (secondary N) is 1. The van der Waals surface area contributed by atoms with Crippen LogP contribution in [0.4, 0.5) is 0 Å². The van der Waals surface area contributed by atoms with Crippen LogP contribution in [0.3, 0.4) is 0 Å². The van der Waals surface area contributed by atoms with E-state index in [9.17, 15) is 4.79 Å². The molecule has 0 bridgehead atoms. The van der Waals surface area contributed by atoms with Gasteiger partial charge in [-0.25, -0.2) is 0 Å². The first kappa shape index (κ1) is 19.2. The molecule has 2 aliphatic heterocycles. The van der Waals surface area contributed by atoms with Crippen molar-refractivity contribution in [3.05, 3.63) is 18.0 Å². The molecule has 3 rings (SSSR count). The van der Waals surface area contributed by atoms with Gasteiger partial charge in [0.2, 0.25) is 5.91 Å². The monoisotopic (exact) mass is 350 g/mol. The third-order valence-electron chi connectivity index (χ3n) is 4.03. The number of piperidine rings is 1. The summed E-state index contributed by atoms with van der Waals surface area (Å²) < 4.78 is 7.38. The van der Waals surface area contributed by atoms with Crippen molar-refractivity contribution in [1.82, 2.24) is 20.0 Å². The van der Waals surface area contributed by atoms with Crippen LogP contribution in [0.1, 0.15) is 24.4 Å². The minimum absolute atomic E-state index is 0. The summed E-state index contributed by atoms with van der Waals surface area (Å²) in [6.45, 7) is 5.57. The van der Waals surface area contributed by atoms with E-state index in [2.05, 4.69) is 16.6 Å². The maximum Gasteiger partial charge on any atom is 0.242 e. The zero-order valence-corrected chi connectivity index (χ0v) is 14.4. The van der Waals surface area contributed by atoms with E-state index in [1.165, 1.54) is 0 Å². The topological polar surface area (TPSA) is 59.4 Å². The first-order valence-electron chi connectivity index (χ1n) is 7.35. The second-order valence-electron chi connectivity index (χ2n) is 5.66. The predicted molar refractivity (Wildman–Crippen MR) is 88.9 cm³/mol. The largest absolute Gasteiger partial charge is 0.378 e. The number of carbonyl (C=O) groups excluding carboxylic acids is 1. The average molecular weight is 351 g/mol. The Hall–Kier alpha value is -0.820. The van der Waals surface area contributed by atoms with Gasteiger partial charge in [0, 0.05) is 25.8 Å². The molecule has 1 N–H and O–H groups in total. The zero-order chi connectivity index (χ0) is 13.9. The van der Waals surface area contributed by atoms with Crippen molar-refractivity contribution in [2.24, 2.45) is 0 Å². The second kappa shape index (κ2) is 8.72. The highest BCUT2D eigenvalue weighted by Crippen LogP contribution is 2.22. The molecule has 6 nitrogen and oxygen atoms in total. The summed E-state index contributed by atoms with van der Waals surface area (Å²) in [6.07, 6.45) is 6.04. The Labute approximate surface area is 143 Å². The summed E-state index contributed by atoms with van der Waals surface area (Å²) in [5, 5.41) is 7.62. The van der Waals surface area contributed by atoms with Gasteiger partial charge in [0.05, 0.1) is 25.5 Å². The summed E-state index contributed by atoms with van der Waals surface area (Å²) in [4.78, 5) is 14.4. The lowest BCUT2D eigenvalue weighted by Crippen LogP contribution is -2.54. The summed E-state index contributed by atoms with van der Waals surface area (Å²) in [7, 11) is 0. The predicted octanol–water partition coefficient (Wildman–Crippen LogP) is 1.19. The van der Waals surface area contributed by atoms with Gasteiger partial charge in [0.25, 0.3) is 0 Å². The Morgan fingerprint density at radius 2 is 2.27 bits per heavy atom. The number of ether oxygens (including phenoxy) is 1. The molecule has 0 spiro atoms. The normalized spacial score (nSPS) is 25.0. The molecule has 0 radical (unpaired) electrons. The fourth-order valence-electron chi connectivity index (χ4n) is 2.95. The maximum atomic E-state index is 12.5. The van der Waals surface area contributed by atoms with E-state index in [1.54, 1.807) is 0 Å². The number of morpholine rings is 1. The van der Waals surface area contributed by atoms with Crippen molar-refractivity contribution in [3.8, 4) is 0 Å². The van der Waals surface area contributed by atoms with Gasteiger partial charge in [-0.2, -0.15) is 5.10 Å². The zero-order valence-electron chi connectivity index (χ0n) is 12.7. The molecule has 1 aromatic rings. The van der Waals surface area contributed by atoms with Crippen molar-refractivity contribution >= 4 is 30.7 Å². The van der Waals surface area contributed by atoms with Crippen LogP contribution in [0.25, 0.3) is 0 Å². The molecule has 2 unspecified atom stereocenters. The van der Waals surface area contributed by atoms with Gasteiger partial charge in [-0.05, 0) is 25.3 Å². The average Bonchev–Trinajstić information content (AvgIpc) is 2.94. The molecule has 3 heterocycles. The van der Waals surface area contributed by atoms with Gasteiger partial charge in [-0.1, -0.05) is 0 Å². The Balaban J connectivity index is 0.00000121. The number of halogens is 2. The van der Waals surface area contributed by atoms with Gasteiger partial charge in [0.1, 0.15) is 6.04 Å². The van der Waals surface area contributed by atoms with Crippen molar-refractivity contribution < 1.29 is 9.53 Å². The first-order valence-corrected chi connectivity index (χ1v) is 7.35. The highest BCUT2D eigenvalue weighted by atomic mass is 35.5. The molecule has 1 amide bonds. The SMILES string of the molecule is Cc1cnn(C2CCCN(C(=O)C3COCCN3)C2)c1.Cl.Cl. The fraction of sp³-hybridized carbons (Fsp3) is 0.714. The van der Waals surface area contributed by atoms with Gasteiger partial charge in [-0.15, -0.1) is 24.8 Å². The number of rotatable bonds is 2. The van der Waals surface area contributed by atoms with E-state index in [4.69, 9.17) is 4.74 Å². The number of hydrogen-bond donors (Lipinski definition) is 1. The maximum absolute atomic E-state index is 12.5. The lowest BCUT2D eigenvalue weighted by atomic mass is 10.0. The van der Waals surface area contributed by atoms with Crippen LogP contribution in [0.5, 0.6) is 0 Å². The molecular formula is C14H24Cl2N4O2. The van der Waals surface area contributed by atoms with Crippen LogP contribution in [0.15, 0.2) is 12.4 Å². The summed E-state index contributed by atoms with van der Waals surface area (Å²) in [5.41, 5.74) is 1.16. The quantitative estimate of drug-likeness (QED) is 0.870. The van der Waals surface area contributed by atoms with E-state index in [0.29, 0.717) is 19.3 Å².